The number of nitrogens with zero attached hydrogens (tertiary/aromatic N) is 1. The third-order valence-corrected chi connectivity index (χ3v) is 1.11. The Bertz CT molecular complexity index is 257. The van der Waals surface area contributed by atoms with Crippen LogP contribution < -0.4 is 5.48 Å². The highest BCUT2D eigenvalue weighted by Gasteiger charge is 2.01. The number of nitrogens with one attached hydrogen (secondary N) is 1. The van der Waals surface area contributed by atoms with Crippen molar-refractivity contribution in [3.8, 4) is 0 Å². The lowest BCUT2D eigenvalue weighted by atomic mass is 10.3. The molecule has 5 heteroatoms. The highest BCUT2D eigenvalue weighted by atomic mass is 16.5. The van der Waals surface area contributed by atoms with Crippen LogP contribution in [0, 0.1) is 0 Å². The highest BCUT2D eigenvalue weighted by Crippen LogP contribution is 2.03. The van der Waals surface area contributed by atoms with Gasteiger partial charge in [0.1, 0.15) is 5.69 Å². The van der Waals surface area contributed by atoms with Crippen molar-refractivity contribution < 1.29 is 15.1 Å². The van der Waals surface area contributed by atoms with Gasteiger partial charge in [-0.2, -0.15) is 0 Å². The Morgan fingerprint density at radius 3 is 2.64 bits per heavy atom. The number of carbonyl (C=O) groups is 1. The summed E-state index contributed by atoms with van der Waals surface area (Å²) in [5, 5.41) is 16.7. The fraction of sp³-hybridized carbons (Fsp3) is 0. The summed E-state index contributed by atoms with van der Waals surface area (Å²) in [7, 11) is 0. The summed E-state index contributed by atoms with van der Waals surface area (Å²) in [6.07, 6.45) is 1.23. The van der Waals surface area contributed by atoms with Crippen LogP contribution >= 0.6 is 0 Å². The third-order valence-electron chi connectivity index (χ3n) is 1.11. The van der Waals surface area contributed by atoms with E-state index in [9.17, 15) is 4.79 Å². The summed E-state index contributed by atoms with van der Waals surface area (Å²) in [5.41, 5.74) is 2.14. The Morgan fingerprint density at radius 2 is 2.27 bits per heavy atom. The minimum Gasteiger partial charge on any atom is -0.477 e. The Hall–Kier alpha value is -1.62. The lowest BCUT2D eigenvalue weighted by molar-refractivity contribution is 0.0690. The molecular formula is C6H6N2O3. The number of hydrogen-bond acceptors (Lipinski definition) is 4. The molecule has 0 bridgehead atoms. The fourth-order valence-corrected chi connectivity index (χ4v) is 0.587. The molecule has 3 N–H and O–H groups in total. The molecule has 0 saturated carbocycles. The van der Waals surface area contributed by atoms with Crippen LogP contribution in [-0.2, 0) is 0 Å². The minimum absolute atomic E-state index is 0.0519. The molecule has 0 spiro atoms. The highest BCUT2D eigenvalue weighted by molar-refractivity contribution is 5.85. The van der Waals surface area contributed by atoms with Crippen molar-refractivity contribution in [3.63, 3.8) is 0 Å². The second-order valence-electron chi connectivity index (χ2n) is 1.85. The van der Waals surface area contributed by atoms with E-state index in [1.54, 1.807) is 0 Å². The molecule has 1 aromatic heterocycles. The number of aromatic nitrogens is 1. The molecule has 1 rings (SSSR count). The summed E-state index contributed by atoms with van der Waals surface area (Å²) < 4.78 is 0. The van der Waals surface area contributed by atoms with Crippen molar-refractivity contribution in [1.82, 2.24) is 4.98 Å². The van der Waals surface area contributed by atoms with Gasteiger partial charge in [0.25, 0.3) is 0 Å². The van der Waals surface area contributed by atoms with Gasteiger partial charge in [0.2, 0.25) is 0 Å². The van der Waals surface area contributed by atoms with E-state index < -0.39 is 5.97 Å². The van der Waals surface area contributed by atoms with Gasteiger partial charge in [-0.05, 0) is 12.1 Å². The molecule has 0 unspecified atom stereocenters. The molecule has 0 saturated heterocycles. The van der Waals surface area contributed by atoms with Crippen molar-refractivity contribution in [3.05, 3.63) is 24.0 Å². The zero-order valence-corrected chi connectivity index (χ0v) is 5.48. The molecular weight excluding hydrogens is 148 g/mol. The molecule has 5 nitrogen and oxygen atoms in total. The van der Waals surface area contributed by atoms with Gasteiger partial charge < -0.3 is 5.11 Å². The first-order valence-electron chi connectivity index (χ1n) is 2.83. The first-order valence-corrected chi connectivity index (χ1v) is 2.83. The van der Waals surface area contributed by atoms with Crippen molar-refractivity contribution >= 4 is 11.7 Å². The zero-order chi connectivity index (χ0) is 8.27. The van der Waals surface area contributed by atoms with Crippen LogP contribution in [-0.4, -0.2) is 21.3 Å². The molecule has 0 aromatic carbocycles. The van der Waals surface area contributed by atoms with Crippen molar-refractivity contribution in [2.45, 2.75) is 0 Å². The monoisotopic (exact) mass is 154 g/mol. The van der Waals surface area contributed by atoms with Gasteiger partial charge in [-0.25, -0.2) is 9.78 Å². The van der Waals surface area contributed by atoms with Gasteiger partial charge >= 0.3 is 5.97 Å². The molecule has 58 valence electrons. The number of pyridine rings is 1. The number of carboxylic acids is 1. The maximum absolute atomic E-state index is 10.3. The largest absolute Gasteiger partial charge is 0.477 e. The predicted octanol–water partition coefficient (Wildman–Crippen LogP) is 0.581. The maximum Gasteiger partial charge on any atom is 0.354 e. The van der Waals surface area contributed by atoms with E-state index in [2.05, 4.69) is 4.98 Å². The number of hydrogen-bond donors (Lipinski definition) is 3. The van der Waals surface area contributed by atoms with Gasteiger partial charge in [0, 0.05) is 0 Å². The second kappa shape index (κ2) is 2.98. The zero-order valence-electron chi connectivity index (χ0n) is 5.48. The first-order chi connectivity index (χ1) is 5.24. The van der Waals surface area contributed by atoms with Crippen LogP contribution in [0.15, 0.2) is 18.3 Å². The predicted molar refractivity (Wildman–Crippen MR) is 36.6 cm³/mol. The van der Waals surface area contributed by atoms with Crippen LogP contribution in [0.5, 0.6) is 0 Å². The van der Waals surface area contributed by atoms with E-state index in [1.165, 1.54) is 18.3 Å². The maximum atomic E-state index is 10.3. The summed E-state index contributed by atoms with van der Waals surface area (Å²) in [6, 6.07) is 2.71. The standard InChI is InChI=1S/C6H6N2O3/c9-6(10)5-2-1-4(8-11)3-7-5/h1-3,8,11H,(H,9,10). The molecule has 0 radical (unpaired) electrons. The van der Waals surface area contributed by atoms with Crippen LogP contribution in [0.3, 0.4) is 0 Å². The number of aromatic carboxylic acids is 1. The molecule has 0 aliphatic rings. The molecule has 0 amide bonds. The molecule has 1 heterocycles. The van der Waals surface area contributed by atoms with Gasteiger partial charge in [-0.1, -0.05) is 0 Å². The smallest absolute Gasteiger partial charge is 0.354 e. The van der Waals surface area contributed by atoms with Crippen LogP contribution in [0.2, 0.25) is 0 Å². The van der Waals surface area contributed by atoms with E-state index in [0.717, 1.165) is 0 Å². The van der Waals surface area contributed by atoms with Crippen LogP contribution in [0.1, 0.15) is 10.5 Å². The molecule has 11 heavy (non-hydrogen) atoms. The van der Waals surface area contributed by atoms with E-state index in [4.69, 9.17) is 10.3 Å². The third kappa shape index (κ3) is 1.65. The number of carboxylic acid groups (broad SMARTS) is 1. The van der Waals surface area contributed by atoms with E-state index >= 15 is 0 Å². The summed E-state index contributed by atoms with van der Waals surface area (Å²) in [5.74, 6) is -1.09. The number of anilines is 1. The average Bonchev–Trinajstić information content (AvgIpc) is 2.05. The fourth-order valence-electron chi connectivity index (χ4n) is 0.587. The lowest BCUT2D eigenvalue weighted by Crippen LogP contribution is -2.00. The minimum atomic E-state index is -1.09. The first kappa shape index (κ1) is 7.49. The average molecular weight is 154 g/mol. The van der Waals surface area contributed by atoms with E-state index in [-0.39, 0.29) is 5.69 Å². The Morgan fingerprint density at radius 1 is 1.55 bits per heavy atom. The Kier molecular flexibility index (Phi) is 2.03. The Labute approximate surface area is 62.3 Å². The molecule has 0 fully saturated rings. The van der Waals surface area contributed by atoms with Gasteiger partial charge in [0.15, 0.2) is 0 Å². The quantitative estimate of drug-likeness (QED) is 0.543. The van der Waals surface area contributed by atoms with Crippen molar-refractivity contribution in [1.29, 1.82) is 0 Å². The van der Waals surface area contributed by atoms with Crippen LogP contribution in [0.25, 0.3) is 0 Å². The second-order valence-corrected chi connectivity index (χ2v) is 1.85. The topological polar surface area (TPSA) is 82.5 Å². The summed E-state index contributed by atoms with van der Waals surface area (Å²) in [4.78, 5) is 13.8. The molecule has 0 aliphatic heterocycles. The summed E-state index contributed by atoms with van der Waals surface area (Å²) in [6.45, 7) is 0. The van der Waals surface area contributed by atoms with Gasteiger partial charge in [-0.15, -0.1) is 0 Å². The molecule has 1 aromatic rings. The SMILES string of the molecule is O=C(O)c1ccc(NO)cn1. The van der Waals surface area contributed by atoms with Gasteiger partial charge in [-0.3, -0.25) is 10.7 Å². The van der Waals surface area contributed by atoms with Gasteiger partial charge in [0.05, 0.1) is 11.9 Å². The van der Waals surface area contributed by atoms with E-state index in [1.807, 2.05) is 5.48 Å². The normalized spacial score (nSPS) is 9.18. The van der Waals surface area contributed by atoms with Crippen molar-refractivity contribution in [2.24, 2.45) is 0 Å². The van der Waals surface area contributed by atoms with Crippen molar-refractivity contribution in [2.75, 3.05) is 5.48 Å². The molecule has 0 atom stereocenters. The van der Waals surface area contributed by atoms with E-state index in [0.29, 0.717) is 5.69 Å². The molecule has 0 aliphatic carbocycles. The number of rotatable bonds is 2. The van der Waals surface area contributed by atoms with Crippen LogP contribution in [0.4, 0.5) is 5.69 Å². The summed E-state index contributed by atoms with van der Waals surface area (Å²) >= 11 is 0. The lowest BCUT2D eigenvalue weighted by Gasteiger charge is -1.96. The Balaban J connectivity index is 2.91.